The predicted molar refractivity (Wildman–Crippen MR) is 88.0 cm³/mol. The topological polar surface area (TPSA) is 76.3 Å². The highest BCUT2D eigenvalue weighted by Crippen LogP contribution is 2.32. The van der Waals surface area contributed by atoms with Crippen LogP contribution in [0.15, 0.2) is 43.8 Å². The van der Waals surface area contributed by atoms with Gasteiger partial charge < -0.3 is 4.52 Å². The molecule has 6 nitrogen and oxygen atoms in total. The van der Waals surface area contributed by atoms with Crippen LogP contribution in [-0.2, 0) is 10.0 Å². The average Bonchev–Trinajstić information content (AvgIpc) is 3.36. The molecule has 120 valence electrons. The quantitative estimate of drug-likeness (QED) is 0.708. The Hall–Kier alpha value is -1.55. The van der Waals surface area contributed by atoms with E-state index in [0.29, 0.717) is 35.4 Å². The zero-order valence-electron chi connectivity index (χ0n) is 12.0. The summed E-state index contributed by atoms with van der Waals surface area (Å²) in [6, 6.07) is 7.23. The van der Waals surface area contributed by atoms with E-state index in [0.717, 1.165) is 4.88 Å². The first-order valence-electron chi connectivity index (χ1n) is 7.06. The van der Waals surface area contributed by atoms with Gasteiger partial charge in [0.2, 0.25) is 0 Å². The summed E-state index contributed by atoms with van der Waals surface area (Å²) < 4.78 is 32.3. The molecular formula is C14H13N3O3S3. The second kappa shape index (κ2) is 5.82. The van der Waals surface area contributed by atoms with E-state index in [2.05, 4.69) is 10.1 Å². The molecule has 0 bridgehead atoms. The summed E-state index contributed by atoms with van der Waals surface area (Å²) >= 11 is 2.77. The van der Waals surface area contributed by atoms with Gasteiger partial charge >= 0.3 is 0 Å². The molecule has 0 N–H and O–H groups in total. The van der Waals surface area contributed by atoms with Gasteiger partial charge in [-0.05, 0) is 29.3 Å². The normalized spacial score (nSPS) is 19.4. The summed E-state index contributed by atoms with van der Waals surface area (Å²) in [5, 5.41) is 7.75. The van der Waals surface area contributed by atoms with Gasteiger partial charge in [0.25, 0.3) is 15.9 Å². The first-order chi connectivity index (χ1) is 11.1. The molecule has 1 aliphatic rings. The first-order valence-corrected chi connectivity index (χ1v) is 10.3. The van der Waals surface area contributed by atoms with Gasteiger partial charge in [0.1, 0.15) is 4.21 Å². The lowest BCUT2D eigenvalue weighted by atomic mass is 10.1. The Morgan fingerprint density at radius 1 is 1.22 bits per heavy atom. The molecule has 4 heterocycles. The van der Waals surface area contributed by atoms with Crippen LogP contribution < -0.4 is 0 Å². The summed E-state index contributed by atoms with van der Waals surface area (Å²) in [4.78, 5) is 5.35. The Labute approximate surface area is 141 Å². The Balaban J connectivity index is 1.53. The molecule has 4 rings (SSSR count). The number of sulfonamides is 1. The van der Waals surface area contributed by atoms with E-state index < -0.39 is 10.0 Å². The highest BCUT2D eigenvalue weighted by atomic mass is 32.2. The molecule has 0 amide bonds. The van der Waals surface area contributed by atoms with Crippen LogP contribution in [0.25, 0.3) is 10.8 Å². The van der Waals surface area contributed by atoms with Crippen LogP contribution >= 0.6 is 22.7 Å². The number of rotatable bonds is 4. The van der Waals surface area contributed by atoms with Crippen LogP contribution in [0, 0.1) is 0 Å². The van der Waals surface area contributed by atoms with Crippen molar-refractivity contribution in [2.24, 2.45) is 0 Å². The second-order valence-corrected chi connectivity index (χ2v) is 9.28. The molecule has 3 aromatic heterocycles. The fraction of sp³-hybridized carbons (Fsp3) is 0.286. The highest BCUT2D eigenvalue weighted by molar-refractivity contribution is 7.91. The lowest BCUT2D eigenvalue weighted by Gasteiger charge is -2.14. The van der Waals surface area contributed by atoms with E-state index >= 15 is 0 Å². The summed E-state index contributed by atoms with van der Waals surface area (Å²) in [7, 11) is -3.40. The van der Waals surface area contributed by atoms with Crippen LogP contribution in [-0.4, -0.2) is 36.0 Å². The summed E-state index contributed by atoms with van der Waals surface area (Å²) in [6.45, 7) is 0.872. The Morgan fingerprint density at radius 2 is 2.04 bits per heavy atom. The van der Waals surface area contributed by atoms with Gasteiger partial charge in [-0.1, -0.05) is 17.3 Å². The smallest absolute Gasteiger partial charge is 0.267 e. The minimum Gasteiger partial charge on any atom is -0.333 e. The molecule has 1 atom stereocenters. The van der Waals surface area contributed by atoms with E-state index in [1.807, 2.05) is 17.5 Å². The fourth-order valence-corrected chi connectivity index (χ4v) is 5.89. The minimum atomic E-state index is -3.40. The van der Waals surface area contributed by atoms with Gasteiger partial charge in [-0.3, -0.25) is 0 Å². The third-order valence-electron chi connectivity index (χ3n) is 3.78. The number of hydrogen-bond acceptors (Lipinski definition) is 7. The van der Waals surface area contributed by atoms with Crippen LogP contribution in [0.3, 0.4) is 0 Å². The molecule has 1 fully saturated rings. The van der Waals surface area contributed by atoms with Crippen molar-refractivity contribution < 1.29 is 12.9 Å². The Bertz CT molecular complexity index is 885. The van der Waals surface area contributed by atoms with Gasteiger partial charge in [-0.2, -0.15) is 9.29 Å². The zero-order chi connectivity index (χ0) is 15.9. The molecule has 0 unspecified atom stereocenters. The van der Waals surface area contributed by atoms with Crippen molar-refractivity contribution in [3.05, 3.63) is 40.8 Å². The van der Waals surface area contributed by atoms with E-state index in [1.165, 1.54) is 27.0 Å². The first kappa shape index (κ1) is 15.0. The third kappa shape index (κ3) is 2.74. The lowest BCUT2D eigenvalue weighted by molar-refractivity contribution is 0.415. The van der Waals surface area contributed by atoms with Gasteiger partial charge in [-0.15, -0.1) is 22.7 Å². The summed E-state index contributed by atoms with van der Waals surface area (Å²) in [5.41, 5.74) is 0. The lowest BCUT2D eigenvalue weighted by Crippen LogP contribution is -2.28. The number of hydrogen-bond donors (Lipinski definition) is 0. The average molecular weight is 367 g/mol. The van der Waals surface area contributed by atoms with Gasteiger partial charge in [0, 0.05) is 19.0 Å². The van der Waals surface area contributed by atoms with Crippen molar-refractivity contribution in [1.82, 2.24) is 14.4 Å². The SMILES string of the molecule is O=S(=O)(c1cccs1)N1CC[C@H](c2noc(-c3cccs3)n2)C1. The standard InChI is InChI=1S/C14H13N3O3S3/c18-23(19,12-4-2-8-22-12)17-6-5-10(9-17)13-15-14(20-16-13)11-3-1-7-21-11/h1-4,7-8,10H,5-6,9H2/t10-/m0/s1. The maximum atomic E-state index is 12.5. The highest BCUT2D eigenvalue weighted by Gasteiger charge is 2.35. The molecule has 0 aliphatic carbocycles. The minimum absolute atomic E-state index is 0.0257. The van der Waals surface area contributed by atoms with E-state index in [4.69, 9.17) is 4.52 Å². The zero-order valence-corrected chi connectivity index (χ0v) is 14.4. The molecule has 0 aromatic carbocycles. The molecule has 0 radical (unpaired) electrons. The van der Waals surface area contributed by atoms with Crippen molar-refractivity contribution in [2.45, 2.75) is 16.5 Å². The largest absolute Gasteiger partial charge is 0.333 e. The number of thiophene rings is 2. The molecule has 9 heteroatoms. The fourth-order valence-electron chi connectivity index (χ4n) is 2.60. The third-order valence-corrected chi connectivity index (χ3v) is 7.88. The predicted octanol–water partition coefficient (Wildman–Crippen LogP) is 3.04. The Morgan fingerprint density at radius 3 is 2.78 bits per heavy atom. The second-order valence-electron chi connectivity index (χ2n) is 5.22. The number of aromatic nitrogens is 2. The van der Waals surface area contributed by atoms with Crippen molar-refractivity contribution in [1.29, 1.82) is 0 Å². The molecule has 0 saturated carbocycles. The van der Waals surface area contributed by atoms with E-state index in [9.17, 15) is 8.42 Å². The van der Waals surface area contributed by atoms with Crippen molar-refractivity contribution in [3.63, 3.8) is 0 Å². The molecule has 23 heavy (non-hydrogen) atoms. The monoisotopic (exact) mass is 367 g/mol. The van der Waals surface area contributed by atoms with Gasteiger partial charge in [0.15, 0.2) is 5.82 Å². The van der Waals surface area contributed by atoms with Crippen LogP contribution in [0.4, 0.5) is 0 Å². The van der Waals surface area contributed by atoms with Gasteiger partial charge in [-0.25, -0.2) is 8.42 Å². The van der Waals surface area contributed by atoms with Gasteiger partial charge in [0.05, 0.1) is 4.88 Å². The van der Waals surface area contributed by atoms with E-state index in [-0.39, 0.29) is 5.92 Å². The van der Waals surface area contributed by atoms with E-state index in [1.54, 1.807) is 17.5 Å². The van der Waals surface area contributed by atoms with Crippen LogP contribution in [0.1, 0.15) is 18.2 Å². The molecule has 1 aliphatic heterocycles. The maximum absolute atomic E-state index is 12.5. The Kier molecular flexibility index (Phi) is 3.80. The van der Waals surface area contributed by atoms with Crippen LogP contribution in [0.2, 0.25) is 0 Å². The van der Waals surface area contributed by atoms with Crippen molar-refractivity contribution >= 4 is 32.7 Å². The molecule has 3 aromatic rings. The van der Waals surface area contributed by atoms with Crippen molar-refractivity contribution in [2.75, 3.05) is 13.1 Å². The van der Waals surface area contributed by atoms with Crippen LogP contribution in [0.5, 0.6) is 0 Å². The van der Waals surface area contributed by atoms with Crippen molar-refractivity contribution in [3.8, 4) is 10.8 Å². The maximum Gasteiger partial charge on any atom is 0.267 e. The molecule has 0 spiro atoms. The molecular weight excluding hydrogens is 354 g/mol. The number of nitrogens with zero attached hydrogens (tertiary/aromatic N) is 3. The molecule has 1 saturated heterocycles. The summed E-state index contributed by atoms with van der Waals surface area (Å²) in [5.74, 6) is 1.05. The summed E-state index contributed by atoms with van der Waals surface area (Å²) in [6.07, 6.45) is 0.702.